The molecular weight excluding hydrogens is 439 g/mol. The fourth-order valence-electron chi connectivity index (χ4n) is 2.97. The second-order valence-electron chi connectivity index (χ2n) is 6.71. The fraction of sp³-hybridized carbons (Fsp3) is 0.333. The van der Waals surface area contributed by atoms with E-state index in [0.29, 0.717) is 34.7 Å². The Balaban J connectivity index is 1.34. The van der Waals surface area contributed by atoms with E-state index in [1.807, 2.05) is 12.3 Å². The highest BCUT2D eigenvalue weighted by Crippen LogP contribution is 2.33. The van der Waals surface area contributed by atoms with Gasteiger partial charge in [0.15, 0.2) is 5.13 Å². The van der Waals surface area contributed by atoms with Gasteiger partial charge in [-0.15, -0.1) is 22.7 Å². The van der Waals surface area contributed by atoms with E-state index < -0.39 is 11.7 Å². The molecule has 1 aliphatic rings. The maximum atomic E-state index is 12.6. The first-order valence-electron chi connectivity index (χ1n) is 8.86. The summed E-state index contributed by atoms with van der Waals surface area (Å²) in [4.78, 5) is 27.5. The van der Waals surface area contributed by atoms with Crippen LogP contribution in [0.15, 0.2) is 23.7 Å². The summed E-state index contributed by atoms with van der Waals surface area (Å²) >= 11 is 2.65. The van der Waals surface area contributed by atoms with Crippen LogP contribution in [0.1, 0.15) is 16.3 Å². The van der Waals surface area contributed by atoms with Crippen LogP contribution in [-0.2, 0) is 17.6 Å². The van der Waals surface area contributed by atoms with E-state index in [-0.39, 0.29) is 18.4 Å². The van der Waals surface area contributed by atoms with Gasteiger partial charge in [0, 0.05) is 24.7 Å². The van der Waals surface area contributed by atoms with Gasteiger partial charge in [-0.25, -0.2) is 15.0 Å². The summed E-state index contributed by atoms with van der Waals surface area (Å²) in [7, 11) is 0. The standard InChI is InChI=1S/C18H16F3N5O2S2/c1-9-15(30-14(7-27)23-9)12-8-29-17(24-12)25-16(28)10-5-26(6-10)13-3-2-11(4-22-13)18(19,20)21/h2-4,8,10,27H,5-7H2,1H3,(H,24,25,28). The van der Waals surface area contributed by atoms with E-state index in [0.717, 1.165) is 22.8 Å². The molecule has 1 saturated heterocycles. The molecule has 2 N–H and O–H groups in total. The first-order valence-corrected chi connectivity index (χ1v) is 10.6. The van der Waals surface area contributed by atoms with Crippen molar-refractivity contribution in [3.8, 4) is 10.6 Å². The molecule has 4 heterocycles. The molecule has 1 fully saturated rings. The summed E-state index contributed by atoms with van der Waals surface area (Å²) in [6, 6.07) is 2.29. The Kier molecular flexibility index (Phi) is 5.47. The van der Waals surface area contributed by atoms with Crippen LogP contribution < -0.4 is 10.2 Å². The number of rotatable bonds is 5. The van der Waals surface area contributed by atoms with E-state index in [1.54, 1.807) is 4.90 Å². The number of pyridine rings is 1. The molecule has 0 bridgehead atoms. The van der Waals surface area contributed by atoms with Crippen LogP contribution in [0.25, 0.3) is 10.6 Å². The number of nitrogens with one attached hydrogen (secondary N) is 1. The van der Waals surface area contributed by atoms with Crippen LogP contribution in [0.2, 0.25) is 0 Å². The van der Waals surface area contributed by atoms with E-state index >= 15 is 0 Å². The lowest BCUT2D eigenvalue weighted by molar-refractivity contribution is -0.137. The molecule has 3 aromatic heterocycles. The molecule has 12 heteroatoms. The average Bonchev–Trinajstić information content (AvgIpc) is 3.26. The molecule has 1 aliphatic heterocycles. The van der Waals surface area contributed by atoms with Gasteiger partial charge in [-0.3, -0.25) is 4.79 Å². The van der Waals surface area contributed by atoms with Crippen molar-refractivity contribution >= 4 is 39.5 Å². The van der Waals surface area contributed by atoms with Crippen LogP contribution in [-0.4, -0.2) is 39.1 Å². The molecule has 7 nitrogen and oxygen atoms in total. The van der Waals surface area contributed by atoms with Crippen LogP contribution >= 0.6 is 22.7 Å². The number of aliphatic hydroxyl groups is 1. The molecule has 0 aromatic carbocycles. The second kappa shape index (κ2) is 7.93. The molecule has 4 rings (SSSR count). The Morgan fingerprint density at radius 2 is 2.10 bits per heavy atom. The largest absolute Gasteiger partial charge is 0.417 e. The van der Waals surface area contributed by atoms with Gasteiger partial charge in [0.2, 0.25) is 5.91 Å². The number of aliphatic hydroxyl groups excluding tert-OH is 1. The van der Waals surface area contributed by atoms with E-state index in [2.05, 4.69) is 20.3 Å². The lowest BCUT2D eigenvalue weighted by Crippen LogP contribution is -2.52. The summed E-state index contributed by atoms with van der Waals surface area (Å²) in [5.74, 6) is -0.0901. The number of amides is 1. The Labute approximate surface area is 177 Å². The Morgan fingerprint density at radius 1 is 1.33 bits per heavy atom. The number of thiazole rings is 2. The second-order valence-corrected chi connectivity index (χ2v) is 8.65. The van der Waals surface area contributed by atoms with Crippen LogP contribution in [0.4, 0.5) is 24.1 Å². The zero-order valence-electron chi connectivity index (χ0n) is 15.6. The van der Waals surface area contributed by atoms with Gasteiger partial charge in [0.1, 0.15) is 10.8 Å². The number of hydrogen-bond acceptors (Lipinski definition) is 8. The van der Waals surface area contributed by atoms with Crippen LogP contribution in [0.5, 0.6) is 0 Å². The van der Waals surface area contributed by atoms with Crippen molar-refractivity contribution in [2.45, 2.75) is 19.7 Å². The molecule has 0 radical (unpaired) electrons. The summed E-state index contributed by atoms with van der Waals surface area (Å²) < 4.78 is 37.9. The van der Waals surface area contributed by atoms with Crippen molar-refractivity contribution in [3.05, 3.63) is 40.0 Å². The highest BCUT2D eigenvalue weighted by atomic mass is 32.1. The number of carbonyl (C=O) groups excluding carboxylic acids is 1. The van der Waals surface area contributed by atoms with Crippen molar-refractivity contribution in [1.29, 1.82) is 0 Å². The predicted molar refractivity (Wildman–Crippen MR) is 107 cm³/mol. The van der Waals surface area contributed by atoms with E-state index in [1.165, 1.54) is 28.7 Å². The van der Waals surface area contributed by atoms with E-state index in [4.69, 9.17) is 0 Å². The number of hydrogen-bond donors (Lipinski definition) is 2. The summed E-state index contributed by atoms with van der Waals surface area (Å²) in [6.45, 7) is 2.44. The number of anilines is 2. The number of carbonyl (C=O) groups is 1. The summed E-state index contributed by atoms with van der Waals surface area (Å²) in [6.07, 6.45) is -3.63. The molecule has 0 unspecified atom stereocenters. The quantitative estimate of drug-likeness (QED) is 0.612. The molecule has 0 saturated carbocycles. The normalized spacial score (nSPS) is 14.6. The van der Waals surface area contributed by atoms with Crippen molar-refractivity contribution in [3.63, 3.8) is 0 Å². The average molecular weight is 455 g/mol. The molecule has 3 aromatic rings. The smallest absolute Gasteiger partial charge is 0.389 e. The maximum Gasteiger partial charge on any atom is 0.417 e. The van der Waals surface area contributed by atoms with Crippen LogP contribution in [0.3, 0.4) is 0 Å². The Morgan fingerprint density at radius 3 is 2.70 bits per heavy atom. The minimum atomic E-state index is -4.42. The maximum absolute atomic E-state index is 12.6. The van der Waals surface area contributed by atoms with Crippen molar-refractivity contribution < 1.29 is 23.1 Å². The van der Waals surface area contributed by atoms with Crippen molar-refractivity contribution in [2.75, 3.05) is 23.3 Å². The highest BCUT2D eigenvalue weighted by Gasteiger charge is 2.35. The molecular formula is C18H16F3N5O2S2. The number of nitrogens with zero attached hydrogens (tertiary/aromatic N) is 4. The van der Waals surface area contributed by atoms with Crippen molar-refractivity contribution in [1.82, 2.24) is 15.0 Å². The molecule has 0 aliphatic carbocycles. The third-order valence-electron chi connectivity index (χ3n) is 4.59. The zero-order chi connectivity index (χ0) is 21.5. The highest BCUT2D eigenvalue weighted by molar-refractivity contribution is 7.17. The summed E-state index contributed by atoms with van der Waals surface area (Å²) in [5.41, 5.74) is 0.656. The molecule has 158 valence electrons. The van der Waals surface area contributed by atoms with Gasteiger partial charge in [0.05, 0.1) is 34.4 Å². The summed E-state index contributed by atoms with van der Waals surface area (Å²) in [5, 5.41) is 14.9. The van der Waals surface area contributed by atoms with Crippen LogP contribution in [0, 0.1) is 12.8 Å². The van der Waals surface area contributed by atoms with Gasteiger partial charge in [0.25, 0.3) is 0 Å². The first-order chi connectivity index (χ1) is 14.2. The van der Waals surface area contributed by atoms with Crippen molar-refractivity contribution in [2.24, 2.45) is 5.92 Å². The minimum Gasteiger partial charge on any atom is -0.389 e. The number of aryl methyl sites for hydroxylation is 1. The SMILES string of the molecule is Cc1nc(CO)sc1-c1csc(NC(=O)C2CN(c3ccc(C(F)(F)F)cn3)C2)n1. The van der Waals surface area contributed by atoms with E-state index in [9.17, 15) is 23.1 Å². The lowest BCUT2D eigenvalue weighted by atomic mass is 9.99. The minimum absolute atomic E-state index is 0.134. The number of aromatic nitrogens is 3. The number of halogens is 3. The Hall–Kier alpha value is -2.57. The molecule has 30 heavy (non-hydrogen) atoms. The molecule has 0 atom stereocenters. The predicted octanol–water partition coefficient (Wildman–Crippen LogP) is 3.56. The Bertz CT molecular complexity index is 1060. The molecule has 1 amide bonds. The van der Waals surface area contributed by atoms with Gasteiger partial charge in [-0.2, -0.15) is 13.2 Å². The van der Waals surface area contributed by atoms with Gasteiger partial charge < -0.3 is 15.3 Å². The third kappa shape index (κ3) is 4.16. The van der Waals surface area contributed by atoms with Gasteiger partial charge in [-0.1, -0.05) is 0 Å². The van der Waals surface area contributed by atoms with Gasteiger partial charge in [-0.05, 0) is 19.1 Å². The lowest BCUT2D eigenvalue weighted by Gasteiger charge is -2.38. The van der Waals surface area contributed by atoms with Gasteiger partial charge >= 0.3 is 6.18 Å². The monoisotopic (exact) mass is 455 g/mol. The number of alkyl halides is 3. The topological polar surface area (TPSA) is 91.2 Å². The third-order valence-corrected chi connectivity index (χ3v) is 6.52. The molecule has 0 spiro atoms. The first kappa shape index (κ1) is 20.7. The zero-order valence-corrected chi connectivity index (χ0v) is 17.2. The fourth-order valence-corrected chi connectivity index (χ4v) is 4.64.